The van der Waals surface area contributed by atoms with Gasteiger partial charge in [0, 0.05) is 12.4 Å². The number of pyridine rings is 1. The molecule has 0 bridgehead atoms. The van der Waals surface area contributed by atoms with Crippen molar-refractivity contribution in [2.45, 2.75) is 26.3 Å². The summed E-state index contributed by atoms with van der Waals surface area (Å²) in [4.78, 5) is 4.11. The number of aromatic nitrogens is 1. The molecule has 0 saturated carbocycles. The molecule has 0 amide bonds. The highest BCUT2D eigenvalue weighted by Gasteiger charge is 2.14. The van der Waals surface area contributed by atoms with Crippen LogP contribution >= 0.6 is 0 Å². The van der Waals surface area contributed by atoms with Crippen LogP contribution in [0.25, 0.3) is 0 Å². The summed E-state index contributed by atoms with van der Waals surface area (Å²) in [5, 5.41) is 0. The smallest absolute Gasteiger partial charge is 0.0713 e. The van der Waals surface area contributed by atoms with E-state index in [2.05, 4.69) is 41.6 Å². The fraction of sp³-hybridized carbons (Fsp3) is 0.267. The Bertz CT molecular complexity index is 505. The Morgan fingerprint density at radius 3 is 2.50 bits per heavy atom. The van der Waals surface area contributed by atoms with Gasteiger partial charge in [-0.25, -0.2) is 5.43 Å². The molecule has 2 rings (SSSR count). The standard InChI is InChI=1S/C15H19N3/c1-3-12-4-6-13(7-5-12)15(18-16)14-8-9-17-10-11(14)2/h4-10,15,18H,3,16H2,1-2H3. The summed E-state index contributed by atoms with van der Waals surface area (Å²) in [5.74, 6) is 5.71. The largest absolute Gasteiger partial charge is 0.271 e. The Balaban J connectivity index is 2.36. The van der Waals surface area contributed by atoms with Crippen molar-refractivity contribution in [1.29, 1.82) is 0 Å². The van der Waals surface area contributed by atoms with Crippen molar-refractivity contribution in [1.82, 2.24) is 10.4 Å². The number of benzene rings is 1. The maximum absolute atomic E-state index is 5.71. The lowest BCUT2D eigenvalue weighted by molar-refractivity contribution is 0.632. The predicted octanol–water partition coefficient (Wildman–Crippen LogP) is 2.51. The summed E-state index contributed by atoms with van der Waals surface area (Å²) < 4.78 is 0. The average molecular weight is 241 g/mol. The van der Waals surface area contributed by atoms with Gasteiger partial charge in [-0.15, -0.1) is 0 Å². The first-order chi connectivity index (χ1) is 8.76. The predicted molar refractivity (Wildman–Crippen MR) is 74.0 cm³/mol. The SMILES string of the molecule is CCc1ccc(C(NN)c2ccncc2C)cc1. The molecule has 3 N–H and O–H groups in total. The number of nitrogens with one attached hydrogen (secondary N) is 1. The van der Waals surface area contributed by atoms with Crippen molar-refractivity contribution in [2.75, 3.05) is 0 Å². The number of nitrogens with two attached hydrogens (primary N) is 1. The minimum absolute atomic E-state index is 0.0129. The van der Waals surface area contributed by atoms with E-state index in [0.29, 0.717) is 0 Å². The van der Waals surface area contributed by atoms with Gasteiger partial charge in [0.25, 0.3) is 0 Å². The van der Waals surface area contributed by atoms with Gasteiger partial charge in [-0.3, -0.25) is 10.8 Å². The third kappa shape index (κ3) is 2.58. The minimum Gasteiger partial charge on any atom is -0.271 e. The number of nitrogens with zero attached hydrogens (tertiary/aromatic N) is 1. The topological polar surface area (TPSA) is 50.9 Å². The van der Waals surface area contributed by atoms with E-state index in [1.807, 2.05) is 19.2 Å². The van der Waals surface area contributed by atoms with Crippen molar-refractivity contribution in [3.63, 3.8) is 0 Å². The monoisotopic (exact) mass is 241 g/mol. The molecule has 94 valence electrons. The van der Waals surface area contributed by atoms with Gasteiger partial charge < -0.3 is 0 Å². The highest BCUT2D eigenvalue weighted by atomic mass is 15.2. The summed E-state index contributed by atoms with van der Waals surface area (Å²) in [6, 6.07) is 10.6. The molecule has 1 aromatic heterocycles. The Morgan fingerprint density at radius 2 is 1.94 bits per heavy atom. The average Bonchev–Trinajstić information content (AvgIpc) is 2.42. The van der Waals surface area contributed by atoms with Crippen molar-refractivity contribution in [3.05, 3.63) is 65.0 Å². The van der Waals surface area contributed by atoms with Gasteiger partial charge in [0.2, 0.25) is 0 Å². The van der Waals surface area contributed by atoms with E-state index >= 15 is 0 Å². The molecule has 0 fully saturated rings. The van der Waals surface area contributed by atoms with E-state index in [9.17, 15) is 0 Å². The van der Waals surface area contributed by atoms with Crippen LogP contribution in [0.5, 0.6) is 0 Å². The molecule has 0 spiro atoms. The Morgan fingerprint density at radius 1 is 1.22 bits per heavy atom. The Kier molecular flexibility index (Phi) is 4.07. The fourth-order valence-electron chi connectivity index (χ4n) is 2.12. The van der Waals surface area contributed by atoms with Crippen LogP contribution in [0.1, 0.15) is 35.2 Å². The van der Waals surface area contributed by atoms with Crippen LogP contribution < -0.4 is 11.3 Å². The zero-order valence-electron chi connectivity index (χ0n) is 10.9. The van der Waals surface area contributed by atoms with Crippen LogP contribution in [0.2, 0.25) is 0 Å². The van der Waals surface area contributed by atoms with E-state index in [-0.39, 0.29) is 6.04 Å². The molecule has 0 aliphatic rings. The van der Waals surface area contributed by atoms with Gasteiger partial charge in [0.15, 0.2) is 0 Å². The Labute approximate surface area is 108 Å². The van der Waals surface area contributed by atoms with E-state index < -0.39 is 0 Å². The molecule has 1 aromatic carbocycles. The van der Waals surface area contributed by atoms with Crippen molar-refractivity contribution in [2.24, 2.45) is 5.84 Å². The van der Waals surface area contributed by atoms with Gasteiger partial charge in [0.05, 0.1) is 6.04 Å². The molecule has 3 nitrogen and oxygen atoms in total. The van der Waals surface area contributed by atoms with Crippen molar-refractivity contribution < 1.29 is 0 Å². The maximum atomic E-state index is 5.71. The lowest BCUT2D eigenvalue weighted by Gasteiger charge is -2.19. The third-order valence-electron chi connectivity index (χ3n) is 3.26. The van der Waals surface area contributed by atoms with Crippen molar-refractivity contribution >= 4 is 0 Å². The van der Waals surface area contributed by atoms with E-state index in [1.54, 1.807) is 6.20 Å². The normalized spacial score (nSPS) is 12.4. The zero-order valence-corrected chi connectivity index (χ0v) is 10.9. The maximum Gasteiger partial charge on any atom is 0.0713 e. The molecule has 1 unspecified atom stereocenters. The lowest BCUT2D eigenvalue weighted by atomic mass is 9.96. The minimum atomic E-state index is 0.0129. The van der Waals surface area contributed by atoms with Gasteiger partial charge >= 0.3 is 0 Å². The first-order valence-electron chi connectivity index (χ1n) is 6.21. The molecule has 1 atom stereocenters. The second-order valence-electron chi connectivity index (χ2n) is 4.43. The second-order valence-corrected chi connectivity index (χ2v) is 4.43. The highest BCUT2D eigenvalue weighted by Crippen LogP contribution is 2.23. The summed E-state index contributed by atoms with van der Waals surface area (Å²) in [6.07, 6.45) is 4.71. The molecular weight excluding hydrogens is 222 g/mol. The number of aryl methyl sites for hydroxylation is 2. The van der Waals surface area contributed by atoms with E-state index in [4.69, 9.17) is 5.84 Å². The number of hydrogen-bond donors (Lipinski definition) is 2. The van der Waals surface area contributed by atoms with Gasteiger partial charge in [0.1, 0.15) is 0 Å². The fourth-order valence-corrected chi connectivity index (χ4v) is 2.12. The lowest BCUT2D eigenvalue weighted by Crippen LogP contribution is -2.29. The quantitative estimate of drug-likeness (QED) is 0.639. The second kappa shape index (κ2) is 5.76. The molecular formula is C15H19N3. The van der Waals surface area contributed by atoms with Gasteiger partial charge in [-0.2, -0.15) is 0 Å². The van der Waals surface area contributed by atoms with Gasteiger partial charge in [-0.05, 0) is 41.7 Å². The Hall–Kier alpha value is -1.71. The number of rotatable bonds is 4. The van der Waals surface area contributed by atoms with Crippen LogP contribution in [0.3, 0.4) is 0 Å². The van der Waals surface area contributed by atoms with Crippen LogP contribution in [0.15, 0.2) is 42.7 Å². The van der Waals surface area contributed by atoms with Crippen LogP contribution in [-0.2, 0) is 6.42 Å². The van der Waals surface area contributed by atoms with Crippen LogP contribution in [0.4, 0.5) is 0 Å². The first-order valence-corrected chi connectivity index (χ1v) is 6.21. The number of hydrogen-bond acceptors (Lipinski definition) is 3. The van der Waals surface area contributed by atoms with E-state index in [1.165, 1.54) is 11.1 Å². The highest BCUT2D eigenvalue weighted by molar-refractivity contribution is 5.36. The summed E-state index contributed by atoms with van der Waals surface area (Å²) in [7, 11) is 0. The van der Waals surface area contributed by atoms with Crippen LogP contribution in [0, 0.1) is 6.92 Å². The summed E-state index contributed by atoms with van der Waals surface area (Å²) in [5.41, 5.74) is 7.69. The molecule has 0 radical (unpaired) electrons. The summed E-state index contributed by atoms with van der Waals surface area (Å²) >= 11 is 0. The zero-order chi connectivity index (χ0) is 13.0. The first kappa shape index (κ1) is 12.7. The molecule has 0 saturated heterocycles. The van der Waals surface area contributed by atoms with Crippen LogP contribution in [-0.4, -0.2) is 4.98 Å². The number of hydrazine groups is 1. The van der Waals surface area contributed by atoms with E-state index in [0.717, 1.165) is 17.5 Å². The molecule has 1 heterocycles. The molecule has 3 heteroatoms. The molecule has 0 aliphatic carbocycles. The molecule has 0 aliphatic heterocycles. The molecule has 2 aromatic rings. The van der Waals surface area contributed by atoms with Crippen molar-refractivity contribution in [3.8, 4) is 0 Å². The molecule has 18 heavy (non-hydrogen) atoms. The van der Waals surface area contributed by atoms with Gasteiger partial charge in [-0.1, -0.05) is 31.2 Å². The summed E-state index contributed by atoms with van der Waals surface area (Å²) in [6.45, 7) is 4.20. The third-order valence-corrected chi connectivity index (χ3v) is 3.26.